The fourth-order valence-corrected chi connectivity index (χ4v) is 16.5. The van der Waals surface area contributed by atoms with Gasteiger partial charge in [0.25, 0.3) is 0 Å². The number of thiophene rings is 3. The zero-order valence-electron chi connectivity index (χ0n) is 40.0. The third-order valence-electron chi connectivity index (χ3n) is 15.8. The van der Waals surface area contributed by atoms with Gasteiger partial charge in [-0.1, -0.05) is 133 Å². The monoisotopic (exact) mass is 1020 g/mol. The molecule has 17 aromatic rings. The Hall–Kier alpha value is -9.61. The van der Waals surface area contributed by atoms with E-state index < -0.39 is 0 Å². The van der Waals surface area contributed by atoms with Crippen molar-refractivity contribution in [3.05, 3.63) is 223 Å². The van der Waals surface area contributed by atoms with Crippen molar-refractivity contribution in [3.8, 4) is 34.4 Å². The Labute approximate surface area is 444 Å². The summed E-state index contributed by atoms with van der Waals surface area (Å²) in [5.74, 6) is 0. The Balaban J connectivity index is 1.14. The first-order chi connectivity index (χ1) is 37.7. The number of aromatic nitrogens is 4. The molecule has 10 aromatic carbocycles. The lowest BCUT2D eigenvalue weighted by atomic mass is 9.95. The molecule has 0 spiro atoms. The molecule has 76 heavy (non-hydrogen) atoms. The standard InChI is InChI=1S/C67H34N6S3/c1-69-61-62(71-48-23-8-2-19-43(48)58-51(71)32-29-40-37-16-5-11-26-54(37)74-65(40)58)46(36-68)57(47-22-14-15-35-70-47)63(72-49-24-9-3-20-44(49)59-52(72)33-30-41-38-17-6-12-27-55(38)75-66(41)59)64(61)73-50-25-10-4-21-45(50)60-53(73)34-31-42-39-18-7-13-28-56(39)76-67(42)60/h2-35H. The van der Waals surface area contributed by atoms with Crippen molar-refractivity contribution >= 4 is 166 Å². The fraction of sp³-hybridized carbons (Fsp3) is 0. The SMILES string of the molecule is [C-]#[N+]c1c(-n2c3ccccc3c3c4sc5ccccc5c4ccc32)c(C#N)c(-c2ccccn2)c(-n2c3ccccc3c3c4sc5ccccc5c4ccc32)c1-n1c2ccccc2c2c3sc4ccccc4c3ccc21. The molecule has 0 aliphatic rings. The smallest absolute Gasteiger partial charge is 0.237 e. The molecule has 0 aliphatic heterocycles. The van der Waals surface area contributed by atoms with Crippen LogP contribution in [0.25, 0.3) is 159 Å². The first-order valence-electron chi connectivity index (χ1n) is 25.1. The molecule has 0 atom stereocenters. The summed E-state index contributed by atoms with van der Waals surface area (Å²) in [6, 6.07) is 73.8. The fourth-order valence-electron chi connectivity index (χ4n) is 12.7. The molecule has 7 heterocycles. The lowest BCUT2D eigenvalue weighted by Gasteiger charge is -2.26. The minimum Gasteiger partial charge on any atom is -0.318 e. The molecule has 0 saturated carbocycles. The molecule has 0 aliphatic carbocycles. The molecule has 6 nitrogen and oxygen atoms in total. The summed E-state index contributed by atoms with van der Waals surface area (Å²) < 4.78 is 14.1. The normalized spacial score (nSPS) is 12.2. The summed E-state index contributed by atoms with van der Waals surface area (Å²) in [5.41, 5.74) is 9.59. The maximum Gasteiger partial charge on any atom is 0.237 e. The number of pyridine rings is 1. The van der Waals surface area contributed by atoms with Gasteiger partial charge in [0.15, 0.2) is 0 Å². The van der Waals surface area contributed by atoms with Gasteiger partial charge in [0.1, 0.15) is 6.07 Å². The Morgan fingerprint density at radius 1 is 0.382 bits per heavy atom. The maximum atomic E-state index is 12.3. The van der Waals surface area contributed by atoms with E-state index in [1.165, 1.54) is 60.5 Å². The zero-order valence-corrected chi connectivity index (χ0v) is 42.5. The summed E-state index contributed by atoms with van der Waals surface area (Å²) in [7, 11) is 0. The number of hydrogen-bond acceptors (Lipinski definition) is 5. The van der Waals surface area contributed by atoms with Gasteiger partial charge >= 0.3 is 0 Å². The van der Waals surface area contributed by atoms with Crippen LogP contribution in [0.3, 0.4) is 0 Å². The topological polar surface area (TPSA) is 55.8 Å². The Bertz CT molecular complexity index is 5510. The van der Waals surface area contributed by atoms with Crippen LogP contribution in [0.4, 0.5) is 5.69 Å². The summed E-state index contributed by atoms with van der Waals surface area (Å²) in [4.78, 5) is 9.98. The number of nitrogens with zero attached hydrogens (tertiary/aromatic N) is 6. The molecule has 0 saturated heterocycles. The predicted octanol–water partition coefficient (Wildman–Crippen LogP) is 19.6. The molecule has 0 amide bonds. The largest absolute Gasteiger partial charge is 0.318 e. The summed E-state index contributed by atoms with van der Waals surface area (Å²) in [5, 5.41) is 26.1. The molecule has 0 N–H and O–H groups in total. The van der Waals surface area contributed by atoms with Crippen LogP contribution in [-0.4, -0.2) is 18.7 Å². The number of hydrogen-bond donors (Lipinski definition) is 0. The number of rotatable bonds is 4. The van der Waals surface area contributed by atoms with E-state index in [1.54, 1.807) is 11.3 Å². The van der Waals surface area contributed by atoms with Crippen LogP contribution in [0.15, 0.2) is 206 Å². The Morgan fingerprint density at radius 2 is 0.763 bits per heavy atom. The van der Waals surface area contributed by atoms with Crippen molar-refractivity contribution in [2.75, 3.05) is 0 Å². The number of nitriles is 1. The van der Waals surface area contributed by atoms with Crippen molar-refractivity contribution in [1.82, 2.24) is 18.7 Å². The maximum absolute atomic E-state index is 12.3. The number of benzene rings is 10. The van der Waals surface area contributed by atoms with Gasteiger partial charge < -0.3 is 13.7 Å². The van der Waals surface area contributed by atoms with Crippen LogP contribution in [0.1, 0.15) is 5.56 Å². The third kappa shape index (κ3) is 5.38. The third-order valence-corrected chi connectivity index (χ3v) is 19.4. The van der Waals surface area contributed by atoms with Gasteiger partial charge in [0.2, 0.25) is 5.69 Å². The quantitative estimate of drug-likeness (QED) is 0.165. The highest BCUT2D eigenvalue weighted by Gasteiger charge is 2.34. The van der Waals surface area contributed by atoms with Crippen LogP contribution in [-0.2, 0) is 0 Å². The van der Waals surface area contributed by atoms with Crippen molar-refractivity contribution in [2.24, 2.45) is 0 Å². The lowest BCUT2D eigenvalue weighted by molar-refractivity contribution is 1.08. The zero-order chi connectivity index (χ0) is 49.9. The van der Waals surface area contributed by atoms with E-state index in [0.29, 0.717) is 39.6 Å². The van der Waals surface area contributed by atoms with Crippen LogP contribution in [0, 0.1) is 17.9 Å². The molecule has 7 aromatic heterocycles. The average Bonchev–Trinajstić information content (AvgIpc) is 4.45. The van der Waals surface area contributed by atoms with Gasteiger partial charge in [0, 0.05) is 105 Å². The van der Waals surface area contributed by atoms with E-state index in [2.05, 4.69) is 202 Å². The molecule has 0 radical (unpaired) electrons. The molecular formula is C67H34N6S3. The highest BCUT2D eigenvalue weighted by molar-refractivity contribution is 7.27. The first-order valence-corrected chi connectivity index (χ1v) is 27.6. The van der Waals surface area contributed by atoms with E-state index >= 15 is 0 Å². The van der Waals surface area contributed by atoms with Gasteiger partial charge in [0.05, 0.1) is 68.0 Å². The molecule has 350 valence electrons. The van der Waals surface area contributed by atoms with Gasteiger partial charge in [-0.2, -0.15) is 5.26 Å². The van der Waals surface area contributed by atoms with Crippen molar-refractivity contribution in [3.63, 3.8) is 0 Å². The Morgan fingerprint density at radius 3 is 1.17 bits per heavy atom. The summed E-state index contributed by atoms with van der Waals surface area (Å²) >= 11 is 5.41. The Kier molecular flexibility index (Phi) is 8.51. The minimum absolute atomic E-state index is 0.360. The lowest BCUT2D eigenvalue weighted by Crippen LogP contribution is -2.12. The summed E-state index contributed by atoms with van der Waals surface area (Å²) in [6.45, 7) is 9.81. The molecule has 0 unspecified atom stereocenters. The minimum atomic E-state index is 0.360. The molecule has 17 rings (SSSR count). The van der Waals surface area contributed by atoms with Crippen LogP contribution >= 0.6 is 34.0 Å². The van der Waals surface area contributed by atoms with Gasteiger partial charge in [-0.05, 0) is 66.7 Å². The van der Waals surface area contributed by atoms with Crippen molar-refractivity contribution < 1.29 is 0 Å². The second-order valence-electron chi connectivity index (χ2n) is 19.4. The molecule has 0 fully saturated rings. The molecular weight excluding hydrogens is 985 g/mol. The highest BCUT2D eigenvalue weighted by Crippen LogP contribution is 2.54. The van der Waals surface area contributed by atoms with E-state index in [1.807, 2.05) is 47.1 Å². The van der Waals surface area contributed by atoms with Gasteiger partial charge in [-0.25, -0.2) is 4.85 Å². The predicted molar refractivity (Wildman–Crippen MR) is 322 cm³/mol. The second-order valence-corrected chi connectivity index (χ2v) is 22.6. The summed E-state index contributed by atoms with van der Waals surface area (Å²) in [6.07, 6.45) is 1.81. The van der Waals surface area contributed by atoms with Crippen LogP contribution < -0.4 is 0 Å². The number of para-hydroxylation sites is 3. The van der Waals surface area contributed by atoms with E-state index in [9.17, 15) is 11.8 Å². The molecule has 9 heteroatoms. The van der Waals surface area contributed by atoms with E-state index in [0.717, 1.165) is 65.4 Å². The van der Waals surface area contributed by atoms with Crippen LogP contribution in [0.5, 0.6) is 0 Å². The second kappa shape index (κ2) is 15.5. The highest BCUT2D eigenvalue weighted by atomic mass is 32.1. The average molecular weight is 1020 g/mol. The van der Waals surface area contributed by atoms with E-state index in [4.69, 9.17) is 9.83 Å². The van der Waals surface area contributed by atoms with Crippen molar-refractivity contribution in [2.45, 2.75) is 0 Å². The van der Waals surface area contributed by atoms with Crippen LogP contribution in [0.2, 0.25) is 0 Å². The van der Waals surface area contributed by atoms with Gasteiger partial charge in [-0.3, -0.25) is 4.98 Å². The van der Waals surface area contributed by atoms with Gasteiger partial charge in [-0.15, -0.1) is 34.0 Å². The first kappa shape index (κ1) is 41.8. The van der Waals surface area contributed by atoms with Crippen molar-refractivity contribution in [1.29, 1.82) is 5.26 Å². The number of fused-ring (bicyclic) bond motifs is 21. The van der Waals surface area contributed by atoms with E-state index in [-0.39, 0.29) is 0 Å². The molecule has 0 bridgehead atoms.